The van der Waals surface area contributed by atoms with Crippen LogP contribution >= 0.6 is 0 Å². The number of Topliss-reactive ketones (excluding diaryl/α,β-unsaturated/α-hetero) is 1. The SMILES string of the molecule is CC(=O)C1(C)C=CC(=O)C(C#N)=C1. The summed E-state index contributed by atoms with van der Waals surface area (Å²) in [5.74, 6) is -0.412. The number of ketones is 2. The highest BCUT2D eigenvalue weighted by Gasteiger charge is 2.29. The summed E-state index contributed by atoms with van der Waals surface area (Å²) in [5, 5.41) is 8.59. The number of rotatable bonds is 1. The first-order valence-corrected chi connectivity index (χ1v) is 3.87. The third kappa shape index (κ3) is 1.57. The molecule has 0 radical (unpaired) electrons. The molecule has 13 heavy (non-hydrogen) atoms. The number of hydrogen-bond donors (Lipinski definition) is 0. The van der Waals surface area contributed by atoms with E-state index >= 15 is 0 Å². The number of nitrogens with zero attached hydrogens (tertiary/aromatic N) is 1. The molecule has 1 aliphatic rings. The van der Waals surface area contributed by atoms with Gasteiger partial charge in [-0.2, -0.15) is 5.26 Å². The lowest BCUT2D eigenvalue weighted by molar-refractivity contribution is -0.121. The Morgan fingerprint density at radius 3 is 2.69 bits per heavy atom. The number of nitriles is 1. The molecule has 0 amide bonds. The van der Waals surface area contributed by atoms with Crippen molar-refractivity contribution in [2.45, 2.75) is 13.8 Å². The summed E-state index contributed by atoms with van der Waals surface area (Å²) in [6, 6.07) is 1.77. The van der Waals surface area contributed by atoms with E-state index in [2.05, 4.69) is 0 Å². The smallest absolute Gasteiger partial charge is 0.195 e. The number of hydrogen-bond acceptors (Lipinski definition) is 3. The standard InChI is InChI=1S/C10H9NO2/c1-7(12)10(2)4-3-9(13)8(5-10)6-11/h3-5H,1-2H3. The molecule has 0 saturated heterocycles. The maximum atomic E-state index is 11.2. The summed E-state index contributed by atoms with van der Waals surface area (Å²) in [6.07, 6.45) is 4.22. The molecule has 1 unspecified atom stereocenters. The fourth-order valence-electron chi connectivity index (χ4n) is 1.06. The van der Waals surface area contributed by atoms with Gasteiger partial charge in [-0.1, -0.05) is 6.08 Å². The van der Waals surface area contributed by atoms with Gasteiger partial charge < -0.3 is 0 Å². The Morgan fingerprint density at radius 1 is 1.62 bits per heavy atom. The normalized spacial score (nSPS) is 26.5. The Kier molecular flexibility index (Phi) is 2.16. The molecule has 1 rings (SSSR count). The second-order valence-electron chi connectivity index (χ2n) is 3.21. The molecular formula is C10H9NO2. The minimum absolute atomic E-state index is 0.0419. The van der Waals surface area contributed by atoms with Crippen molar-refractivity contribution < 1.29 is 9.59 Å². The summed E-state index contributed by atoms with van der Waals surface area (Å²) < 4.78 is 0. The average Bonchev–Trinajstić information content (AvgIpc) is 2.09. The van der Waals surface area contributed by atoms with Crippen LogP contribution in [-0.2, 0) is 9.59 Å². The van der Waals surface area contributed by atoms with Gasteiger partial charge in [0.1, 0.15) is 11.9 Å². The topological polar surface area (TPSA) is 57.9 Å². The highest BCUT2D eigenvalue weighted by Crippen LogP contribution is 2.27. The van der Waals surface area contributed by atoms with Crippen LogP contribution in [0.25, 0.3) is 0 Å². The van der Waals surface area contributed by atoms with Gasteiger partial charge in [-0.3, -0.25) is 9.59 Å². The Bertz CT molecular complexity index is 371. The van der Waals surface area contributed by atoms with Gasteiger partial charge in [-0.15, -0.1) is 0 Å². The van der Waals surface area contributed by atoms with Crippen LogP contribution in [0.15, 0.2) is 23.8 Å². The first-order chi connectivity index (χ1) is 5.99. The lowest BCUT2D eigenvalue weighted by Gasteiger charge is -2.20. The molecule has 0 saturated carbocycles. The van der Waals surface area contributed by atoms with Crippen molar-refractivity contribution >= 4 is 11.6 Å². The van der Waals surface area contributed by atoms with Gasteiger partial charge >= 0.3 is 0 Å². The molecule has 0 aromatic carbocycles. The van der Waals surface area contributed by atoms with Crippen LogP contribution in [0.4, 0.5) is 0 Å². The molecule has 0 fully saturated rings. The molecule has 66 valence electrons. The van der Waals surface area contributed by atoms with Crippen molar-refractivity contribution in [1.29, 1.82) is 5.26 Å². The highest BCUT2D eigenvalue weighted by molar-refractivity contribution is 6.09. The van der Waals surface area contributed by atoms with Crippen LogP contribution < -0.4 is 0 Å². The second kappa shape index (κ2) is 2.98. The van der Waals surface area contributed by atoms with Gasteiger partial charge in [0.2, 0.25) is 0 Å². The average molecular weight is 175 g/mol. The zero-order valence-electron chi connectivity index (χ0n) is 7.50. The molecule has 0 spiro atoms. The quantitative estimate of drug-likeness (QED) is 0.601. The third-order valence-electron chi connectivity index (χ3n) is 2.17. The first kappa shape index (κ1) is 9.40. The van der Waals surface area contributed by atoms with Gasteiger partial charge in [0.25, 0.3) is 0 Å². The van der Waals surface area contributed by atoms with Crippen LogP contribution in [-0.4, -0.2) is 11.6 Å². The highest BCUT2D eigenvalue weighted by atomic mass is 16.1. The maximum Gasteiger partial charge on any atom is 0.195 e. The van der Waals surface area contributed by atoms with Gasteiger partial charge in [0, 0.05) is 0 Å². The zero-order chi connectivity index (χ0) is 10.1. The van der Waals surface area contributed by atoms with E-state index < -0.39 is 5.41 Å². The minimum Gasteiger partial charge on any atom is -0.299 e. The Morgan fingerprint density at radius 2 is 2.23 bits per heavy atom. The van der Waals surface area contributed by atoms with E-state index in [9.17, 15) is 9.59 Å². The van der Waals surface area contributed by atoms with Crippen molar-refractivity contribution in [1.82, 2.24) is 0 Å². The number of allylic oxidation sites excluding steroid dienone is 4. The summed E-state index contributed by atoms with van der Waals surface area (Å²) in [7, 11) is 0. The van der Waals surface area contributed by atoms with Gasteiger partial charge in [0.15, 0.2) is 5.78 Å². The molecule has 3 nitrogen and oxygen atoms in total. The molecule has 0 heterocycles. The molecule has 3 heteroatoms. The monoisotopic (exact) mass is 175 g/mol. The van der Waals surface area contributed by atoms with E-state index in [1.807, 2.05) is 0 Å². The molecular weight excluding hydrogens is 166 g/mol. The van der Waals surface area contributed by atoms with Crippen LogP contribution in [0.3, 0.4) is 0 Å². The molecule has 0 aliphatic heterocycles. The predicted octanol–water partition coefficient (Wildman–Crippen LogP) is 1.17. The fourth-order valence-corrected chi connectivity index (χ4v) is 1.06. The van der Waals surface area contributed by atoms with Crippen LogP contribution in [0.2, 0.25) is 0 Å². The van der Waals surface area contributed by atoms with Crippen molar-refractivity contribution in [2.24, 2.45) is 5.41 Å². The van der Waals surface area contributed by atoms with Gasteiger partial charge in [-0.25, -0.2) is 0 Å². The number of carbonyl (C=O) groups excluding carboxylic acids is 2. The van der Waals surface area contributed by atoms with Crippen LogP contribution in [0.1, 0.15) is 13.8 Å². The second-order valence-corrected chi connectivity index (χ2v) is 3.21. The van der Waals surface area contributed by atoms with Gasteiger partial charge in [-0.05, 0) is 26.0 Å². The molecule has 0 aromatic rings. The Hall–Kier alpha value is -1.69. The fraction of sp³-hybridized carbons (Fsp3) is 0.300. The summed E-state index contributed by atoms with van der Waals surface area (Å²) in [6.45, 7) is 3.11. The van der Waals surface area contributed by atoms with Crippen molar-refractivity contribution in [3.8, 4) is 6.07 Å². The molecule has 0 N–H and O–H groups in total. The molecule has 1 aliphatic carbocycles. The van der Waals surface area contributed by atoms with Crippen molar-refractivity contribution in [2.75, 3.05) is 0 Å². The van der Waals surface area contributed by atoms with E-state index in [1.165, 1.54) is 25.2 Å². The van der Waals surface area contributed by atoms with E-state index in [0.29, 0.717) is 0 Å². The van der Waals surface area contributed by atoms with E-state index in [1.54, 1.807) is 13.0 Å². The Balaban J connectivity index is 3.16. The van der Waals surface area contributed by atoms with E-state index in [0.717, 1.165) is 0 Å². The summed E-state index contributed by atoms with van der Waals surface area (Å²) in [4.78, 5) is 22.2. The summed E-state index contributed by atoms with van der Waals surface area (Å²) >= 11 is 0. The first-order valence-electron chi connectivity index (χ1n) is 3.87. The van der Waals surface area contributed by atoms with Crippen molar-refractivity contribution in [3.05, 3.63) is 23.8 Å². The van der Waals surface area contributed by atoms with Crippen molar-refractivity contribution in [3.63, 3.8) is 0 Å². The third-order valence-corrected chi connectivity index (χ3v) is 2.17. The maximum absolute atomic E-state index is 11.2. The van der Waals surface area contributed by atoms with Crippen LogP contribution in [0.5, 0.6) is 0 Å². The predicted molar refractivity (Wildman–Crippen MR) is 46.6 cm³/mol. The minimum atomic E-state index is -0.793. The largest absolute Gasteiger partial charge is 0.299 e. The van der Waals surface area contributed by atoms with Crippen LogP contribution in [0, 0.1) is 16.7 Å². The molecule has 1 atom stereocenters. The number of carbonyl (C=O) groups is 2. The van der Waals surface area contributed by atoms with Gasteiger partial charge in [0.05, 0.1) is 11.0 Å². The summed E-state index contributed by atoms with van der Waals surface area (Å²) in [5.41, 5.74) is -0.751. The lowest BCUT2D eigenvalue weighted by atomic mass is 9.80. The lowest BCUT2D eigenvalue weighted by Crippen LogP contribution is -2.24. The molecule has 0 bridgehead atoms. The zero-order valence-corrected chi connectivity index (χ0v) is 7.50. The van der Waals surface area contributed by atoms with E-state index in [-0.39, 0.29) is 17.1 Å². The molecule has 0 aromatic heterocycles. The van der Waals surface area contributed by atoms with E-state index in [4.69, 9.17) is 5.26 Å². The Labute approximate surface area is 76.4 Å².